The quantitative estimate of drug-likeness (QED) is 0.324. The number of amides is 2. The second kappa shape index (κ2) is 10.9. The van der Waals surface area contributed by atoms with Gasteiger partial charge in [-0.15, -0.1) is 11.8 Å². The minimum Gasteiger partial charge on any atom is -0.484 e. The van der Waals surface area contributed by atoms with Crippen LogP contribution in [0.1, 0.15) is 0 Å². The minimum absolute atomic E-state index is 0.0696. The molecule has 0 atom stereocenters. The van der Waals surface area contributed by atoms with E-state index in [1.165, 1.54) is 11.8 Å². The zero-order valence-corrected chi connectivity index (χ0v) is 18.4. The lowest BCUT2D eigenvalue weighted by Gasteiger charge is -2.09. The Bertz CT molecular complexity index is 965. The van der Waals surface area contributed by atoms with Gasteiger partial charge >= 0.3 is 0 Å². The van der Waals surface area contributed by atoms with Crippen LogP contribution in [0.5, 0.6) is 5.75 Å². The molecule has 0 unspecified atom stereocenters. The molecule has 0 aliphatic rings. The van der Waals surface area contributed by atoms with Crippen LogP contribution in [0.25, 0.3) is 0 Å². The summed E-state index contributed by atoms with van der Waals surface area (Å²) >= 11 is 3.63. The molecule has 0 aliphatic heterocycles. The molecule has 0 saturated heterocycles. The molecule has 3 aromatic rings. The summed E-state index contributed by atoms with van der Waals surface area (Å²) in [5.74, 6) is 0.598. The monoisotopic (exact) mass is 518 g/mol. The molecule has 148 valence electrons. The van der Waals surface area contributed by atoms with Gasteiger partial charge in [0, 0.05) is 19.8 Å². The third-order valence-electron chi connectivity index (χ3n) is 3.73. The maximum Gasteiger partial charge on any atom is 0.262 e. The van der Waals surface area contributed by atoms with Gasteiger partial charge in [-0.1, -0.05) is 24.3 Å². The summed E-state index contributed by atoms with van der Waals surface area (Å²) in [6.07, 6.45) is 0. The van der Waals surface area contributed by atoms with Crippen molar-refractivity contribution >= 4 is 57.5 Å². The van der Waals surface area contributed by atoms with Gasteiger partial charge in [0.15, 0.2) is 6.61 Å². The highest BCUT2D eigenvalue weighted by Gasteiger charge is 2.07. The van der Waals surface area contributed by atoms with Crippen molar-refractivity contribution in [2.45, 2.75) is 4.90 Å². The van der Waals surface area contributed by atoms with Crippen molar-refractivity contribution in [3.05, 3.63) is 82.4 Å². The third kappa shape index (κ3) is 7.43. The number of para-hydroxylation sites is 1. The molecule has 0 fully saturated rings. The maximum absolute atomic E-state index is 12.1. The van der Waals surface area contributed by atoms with Crippen LogP contribution in [0.15, 0.2) is 83.8 Å². The molecule has 0 aromatic heterocycles. The Morgan fingerprint density at radius 3 is 2.31 bits per heavy atom. The van der Waals surface area contributed by atoms with Crippen LogP contribution in [-0.2, 0) is 9.59 Å². The van der Waals surface area contributed by atoms with Crippen molar-refractivity contribution in [2.24, 2.45) is 0 Å². The first-order valence-electron chi connectivity index (χ1n) is 8.84. The van der Waals surface area contributed by atoms with Gasteiger partial charge in [0.1, 0.15) is 5.75 Å². The highest BCUT2D eigenvalue weighted by molar-refractivity contribution is 14.1. The summed E-state index contributed by atoms with van der Waals surface area (Å²) in [7, 11) is 0. The van der Waals surface area contributed by atoms with Crippen LogP contribution in [-0.4, -0.2) is 24.2 Å². The molecular weight excluding hydrogens is 499 g/mol. The molecule has 3 rings (SSSR count). The van der Waals surface area contributed by atoms with Crippen molar-refractivity contribution in [1.29, 1.82) is 0 Å². The van der Waals surface area contributed by atoms with Gasteiger partial charge in [-0.05, 0) is 77.2 Å². The van der Waals surface area contributed by atoms with Gasteiger partial charge in [0.05, 0.1) is 5.75 Å². The Morgan fingerprint density at radius 1 is 0.828 bits per heavy atom. The average molecular weight is 518 g/mol. The lowest BCUT2D eigenvalue weighted by atomic mass is 10.3. The van der Waals surface area contributed by atoms with E-state index < -0.39 is 0 Å². The molecule has 0 spiro atoms. The first-order chi connectivity index (χ1) is 14.1. The predicted octanol–water partition coefficient (Wildman–Crippen LogP) is 5.04. The lowest BCUT2D eigenvalue weighted by Crippen LogP contribution is -2.20. The average Bonchev–Trinajstić information content (AvgIpc) is 2.73. The van der Waals surface area contributed by atoms with Crippen molar-refractivity contribution in [3.63, 3.8) is 0 Å². The molecule has 7 heteroatoms. The molecule has 5 nitrogen and oxygen atoms in total. The maximum atomic E-state index is 12.1. The molecule has 29 heavy (non-hydrogen) atoms. The van der Waals surface area contributed by atoms with E-state index in [-0.39, 0.29) is 24.2 Å². The Hall–Kier alpha value is -2.52. The van der Waals surface area contributed by atoms with Crippen molar-refractivity contribution in [2.75, 3.05) is 23.0 Å². The number of hydrogen-bond acceptors (Lipinski definition) is 4. The number of rotatable bonds is 8. The summed E-state index contributed by atoms with van der Waals surface area (Å²) in [6, 6.07) is 24.2. The fraction of sp³-hybridized carbons (Fsp3) is 0.0909. The van der Waals surface area contributed by atoms with E-state index in [0.717, 1.165) is 14.2 Å². The second-order valence-electron chi connectivity index (χ2n) is 6.02. The number of carbonyl (C=O) groups excluding carboxylic acids is 2. The largest absolute Gasteiger partial charge is 0.484 e. The molecule has 0 aliphatic carbocycles. The SMILES string of the molecule is O=C(COc1ccccc1)Nc1cccc(SCC(=O)Nc2ccc(I)cc2)c1. The number of nitrogens with one attached hydrogen (secondary N) is 2. The van der Waals surface area contributed by atoms with E-state index in [1.807, 2.05) is 60.7 Å². The smallest absolute Gasteiger partial charge is 0.262 e. The highest BCUT2D eigenvalue weighted by Crippen LogP contribution is 2.22. The van der Waals surface area contributed by atoms with Crippen LogP contribution in [0.4, 0.5) is 11.4 Å². The van der Waals surface area contributed by atoms with Gasteiger partial charge in [0.25, 0.3) is 5.91 Å². The summed E-state index contributed by atoms with van der Waals surface area (Å²) in [5, 5.41) is 5.68. The number of hydrogen-bond donors (Lipinski definition) is 2. The molecule has 0 radical (unpaired) electrons. The summed E-state index contributed by atoms with van der Waals surface area (Å²) < 4.78 is 6.56. The number of benzene rings is 3. The standard InChI is InChI=1S/C22H19IN2O3S/c23-16-9-11-17(12-10-16)24-22(27)15-29-20-8-4-5-18(13-20)25-21(26)14-28-19-6-2-1-3-7-19/h1-13H,14-15H2,(H,24,27)(H,25,26). The molecule has 0 bridgehead atoms. The van der Waals surface area contributed by atoms with Crippen LogP contribution >= 0.6 is 34.4 Å². The number of thioether (sulfide) groups is 1. The van der Waals surface area contributed by atoms with E-state index in [0.29, 0.717) is 11.4 Å². The number of carbonyl (C=O) groups is 2. The third-order valence-corrected chi connectivity index (χ3v) is 5.44. The topological polar surface area (TPSA) is 67.4 Å². The van der Waals surface area contributed by atoms with Crippen LogP contribution < -0.4 is 15.4 Å². The van der Waals surface area contributed by atoms with Crippen molar-refractivity contribution in [3.8, 4) is 5.75 Å². The molecular formula is C22H19IN2O3S. The Labute approximate surface area is 187 Å². The molecule has 3 aromatic carbocycles. The second-order valence-corrected chi connectivity index (χ2v) is 8.32. The predicted molar refractivity (Wildman–Crippen MR) is 126 cm³/mol. The Kier molecular flexibility index (Phi) is 7.94. The van der Waals surface area contributed by atoms with E-state index in [1.54, 1.807) is 18.2 Å². The van der Waals surface area contributed by atoms with Crippen LogP contribution in [0.2, 0.25) is 0 Å². The van der Waals surface area contributed by atoms with Gasteiger partial charge in [-0.2, -0.15) is 0 Å². The fourth-order valence-electron chi connectivity index (χ4n) is 2.41. The zero-order valence-electron chi connectivity index (χ0n) is 15.4. The van der Waals surface area contributed by atoms with Gasteiger partial charge < -0.3 is 15.4 Å². The van der Waals surface area contributed by atoms with E-state index in [4.69, 9.17) is 4.74 Å². The van der Waals surface area contributed by atoms with Gasteiger partial charge in [0.2, 0.25) is 5.91 Å². The molecule has 0 heterocycles. The normalized spacial score (nSPS) is 10.2. The molecule has 2 amide bonds. The van der Waals surface area contributed by atoms with Crippen molar-refractivity contribution < 1.29 is 14.3 Å². The minimum atomic E-state index is -0.243. The first kappa shape index (κ1) is 21.2. The van der Waals surface area contributed by atoms with E-state index in [2.05, 4.69) is 33.2 Å². The molecule has 2 N–H and O–H groups in total. The van der Waals surface area contributed by atoms with Crippen molar-refractivity contribution in [1.82, 2.24) is 0 Å². The van der Waals surface area contributed by atoms with Crippen LogP contribution in [0.3, 0.4) is 0 Å². The lowest BCUT2D eigenvalue weighted by molar-refractivity contribution is -0.118. The zero-order chi connectivity index (χ0) is 20.5. The van der Waals surface area contributed by atoms with E-state index in [9.17, 15) is 9.59 Å². The first-order valence-corrected chi connectivity index (χ1v) is 10.9. The van der Waals surface area contributed by atoms with Crippen LogP contribution in [0, 0.1) is 3.57 Å². The van der Waals surface area contributed by atoms with Gasteiger partial charge in [-0.3, -0.25) is 9.59 Å². The van der Waals surface area contributed by atoms with Gasteiger partial charge in [-0.25, -0.2) is 0 Å². The van der Waals surface area contributed by atoms with E-state index >= 15 is 0 Å². The number of anilines is 2. The number of halogens is 1. The Morgan fingerprint density at radius 2 is 1.55 bits per heavy atom. The fourth-order valence-corrected chi connectivity index (χ4v) is 3.52. The summed E-state index contributed by atoms with van der Waals surface area (Å²) in [5.41, 5.74) is 1.44. The Balaban J connectivity index is 1.46. The summed E-state index contributed by atoms with van der Waals surface area (Å²) in [6.45, 7) is -0.0696. The summed E-state index contributed by atoms with van der Waals surface area (Å²) in [4.78, 5) is 25.1. The highest BCUT2D eigenvalue weighted by atomic mass is 127. The number of ether oxygens (including phenoxy) is 1. The molecule has 0 saturated carbocycles.